The van der Waals surface area contributed by atoms with Gasteiger partial charge in [0, 0.05) is 11.3 Å². The molecule has 0 saturated carbocycles. The van der Waals surface area contributed by atoms with Crippen molar-refractivity contribution in [2.24, 2.45) is 0 Å². The molecule has 0 spiro atoms. The van der Waals surface area contributed by atoms with Gasteiger partial charge in [-0.2, -0.15) is 5.10 Å². The molecule has 2 heterocycles. The van der Waals surface area contributed by atoms with E-state index >= 15 is 0 Å². The van der Waals surface area contributed by atoms with E-state index in [1.807, 2.05) is 17.7 Å². The third-order valence-electron chi connectivity index (χ3n) is 3.44. The van der Waals surface area contributed by atoms with Crippen molar-refractivity contribution < 1.29 is 4.42 Å². The predicted molar refractivity (Wildman–Crippen MR) is 71.6 cm³/mol. The summed E-state index contributed by atoms with van der Waals surface area (Å²) in [7, 11) is 0. The van der Waals surface area contributed by atoms with Crippen molar-refractivity contribution in [1.29, 1.82) is 0 Å². The third-order valence-corrected chi connectivity index (χ3v) is 3.44. The maximum atomic E-state index is 5.51. The summed E-state index contributed by atoms with van der Waals surface area (Å²) in [5.74, 6) is 1.00. The second-order valence-electron chi connectivity index (χ2n) is 4.60. The van der Waals surface area contributed by atoms with Crippen molar-refractivity contribution in [3.63, 3.8) is 0 Å². The first-order valence-electron chi connectivity index (χ1n) is 6.40. The molecule has 0 radical (unpaired) electrons. The average Bonchev–Trinajstić information content (AvgIpc) is 2.89. The van der Waals surface area contributed by atoms with Gasteiger partial charge in [0.15, 0.2) is 0 Å². The maximum Gasteiger partial charge on any atom is 0.122 e. The van der Waals surface area contributed by atoms with Crippen LogP contribution in [0.4, 0.5) is 0 Å². The second kappa shape index (κ2) is 5.40. The van der Waals surface area contributed by atoms with Crippen LogP contribution in [0.2, 0.25) is 0 Å². The average molecular weight is 247 g/mol. The van der Waals surface area contributed by atoms with Gasteiger partial charge in [-0.1, -0.05) is 6.92 Å². The number of nitrogens with zero attached hydrogens (tertiary/aromatic N) is 2. The molecule has 2 aromatic rings. The van der Waals surface area contributed by atoms with E-state index < -0.39 is 0 Å². The number of hydrogen-bond acceptors (Lipinski definition) is 3. The monoisotopic (exact) mass is 247 g/mol. The normalized spacial score (nSPS) is 11.1. The van der Waals surface area contributed by atoms with Crippen molar-refractivity contribution >= 4 is 0 Å². The molecule has 0 atom stereocenters. The summed E-state index contributed by atoms with van der Waals surface area (Å²) in [6, 6.07) is 2.03. The van der Waals surface area contributed by atoms with E-state index in [4.69, 9.17) is 4.42 Å². The molecule has 0 aliphatic rings. The van der Waals surface area contributed by atoms with Crippen LogP contribution in [-0.2, 0) is 13.1 Å². The van der Waals surface area contributed by atoms with Gasteiger partial charge in [-0.3, -0.25) is 4.68 Å². The van der Waals surface area contributed by atoms with E-state index in [-0.39, 0.29) is 0 Å². The predicted octanol–water partition coefficient (Wildman–Crippen LogP) is 2.56. The van der Waals surface area contributed by atoms with Gasteiger partial charge in [0.05, 0.1) is 25.0 Å². The van der Waals surface area contributed by atoms with Crippen LogP contribution in [0.1, 0.15) is 35.2 Å². The lowest BCUT2D eigenvalue weighted by Crippen LogP contribution is -2.13. The Balaban J connectivity index is 2.18. The molecule has 0 aromatic carbocycles. The maximum absolute atomic E-state index is 5.51. The number of hydrogen-bond donors (Lipinski definition) is 1. The minimum absolute atomic E-state index is 0.775. The highest BCUT2D eigenvalue weighted by Gasteiger charge is 2.11. The molecule has 0 bridgehead atoms. The minimum atomic E-state index is 0.775. The fourth-order valence-corrected chi connectivity index (χ4v) is 2.00. The zero-order chi connectivity index (χ0) is 13.1. The van der Waals surface area contributed by atoms with E-state index in [2.05, 4.69) is 31.2 Å². The van der Waals surface area contributed by atoms with Crippen LogP contribution >= 0.6 is 0 Å². The van der Waals surface area contributed by atoms with Crippen LogP contribution in [0, 0.1) is 20.8 Å². The molecule has 0 amide bonds. The molecular weight excluding hydrogens is 226 g/mol. The van der Waals surface area contributed by atoms with Gasteiger partial charge in [-0.25, -0.2) is 0 Å². The molecule has 0 saturated heterocycles. The van der Waals surface area contributed by atoms with E-state index in [0.29, 0.717) is 0 Å². The lowest BCUT2D eigenvalue weighted by Gasteiger charge is -2.06. The molecule has 0 fully saturated rings. The summed E-state index contributed by atoms with van der Waals surface area (Å²) in [6.07, 6.45) is 1.75. The van der Waals surface area contributed by atoms with Crippen molar-refractivity contribution in [1.82, 2.24) is 15.1 Å². The largest absolute Gasteiger partial charge is 0.468 e. The summed E-state index contributed by atoms with van der Waals surface area (Å²) < 4.78 is 7.56. The van der Waals surface area contributed by atoms with Crippen LogP contribution < -0.4 is 5.32 Å². The standard InChI is InChI=1S/C14H21N3O/c1-5-15-8-14-13(6-7-18-14)9-17-12(4)10(2)11(3)16-17/h6-7,15H,5,8-9H2,1-4H3. The number of furan rings is 1. The van der Waals surface area contributed by atoms with Crippen LogP contribution in [-0.4, -0.2) is 16.3 Å². The first-order chi connectivity index (χ1) is 8.63. The minimum Gasteiger partial charge on any atom is -0.468 e. The van der Waals surface area contributed by atoms with Gasteiger partial charge >= 0.3 is 0 Å². The Hall–Kier alpha value is -1.55. The molecule has 2 rings (SSSR count). The number of rotatable bonds is 5. The number of aryl methyl sites for hydroxylation is 1. The van der Waals surface area contributed by atoms with Crippen LogP contribution in [0.15, 0.2) is 16.7 Å². The van der Waals surface area contributed by atoms with Gasteiger partial charge in [0.2, 0.25) is 0 Å². The lowest BCUT2D eigenvalue weighted by atomic mass is 10.2. The van der Waals surface area contributed by atoms with E-state index in [9.17, 15) is 0 Å². The van der Waals surface area contributed by atoms with Crippen molar-refractivity contribution in [3.05, 3.63) is 40.6 Å². The van der Waals surface area contributed by atoms with Gasteiger partial charge in [0.25, 0.3) is 0 Å². The molecule has 98 valence electrons. The fourth-order valence-electron chi connectivity index (χ4n) is 2.00. The van der Waals surface area contributed by atoms with Crippen LogP contribution in [0.3, 0.4) is 0 Å². The van der Waals surface area contributed by atoms with Gasteiger partial charge in [-0.15, -0.1) is 0 Å². The quantitative estimate of drug-likeness (QED) is 0.883. The Bertz CT molecular complexity index is 525. The Labute approximate surface area is 108 Å². The van der Waals surface area contributed by atoms with E-state index in [1.165, 1.54) is 16.8 Å². The molecular formula is C14H21N3O. The second-order valence-corrected chi connectivity index (χ2v) is 4.60. The summed E-state index contributed by atoms with van der Waals surface area (Å²) in [5, 5.41) is 7.85. The molecule has 1 N–H and O–H groups in total. The summed E-state index contributed by atoms with van der Waals surface area (Å²) in [5.41, 5.74) is 4.79. The highest BCUT2D eigenvalue weighted by molar-refractivity contribution is 5.24. The topological polar surface area (TPSA) is 43.0 Å². The van der Waals surface area contributed by atoms with Gasteiger partial charge in [0.1, 0.15) is 5.76 Å². The first-order valence-corrected chi connectivity index (χ1v) is 6.40. The van der Waals surface area contributed by atoms with E-state index in [0.717, 1.165) is 31.1 Å². The van der Waals surface area contributed by atoms with Crippen molar-refractivity contribution in [3.8, 4) is 0 Å². The third kappa shape index (κ3) is 2.48. The van der Waals surface area contributed by atoms with E-state index in [1.54, 1.807) is 6.26 Å². The van der Waals surface area contributed by atoms with Crippen LogP contribution in [0.25, 0.3) is 0 Å². The number of nitrogens with one attached hydrogen (secondary N) is 1. The lowest BCUT2D eigenvalue weighted by molar-refractivity contribution is 0.479. The smallest absolute Gasteiger partial charge is 0.122 e. The zero-order valence-electron chi connectivity index (χ0n) is 11.6. The molecule has 18 heavy (non-hydrogen) atoms. The summed E-state index contributed by atoms with van der Waals surface area (Å²) in [6.45, 7) is 10.9. The molecule has 0 unspecified atom stereocenters. The zero-order valence-corrected chi connectivity index (χ0v) is 11.6. The highest BCUT2D eigenvalue weighted by atomic mass is 16.3. The Kier molecular flexibility index (Phi) is 3.87. The molecule has 0 aliphatic heterocycles. The summed E-state index contributed by atoms with van der Waals surface area (Å²) in [4.78, 5) is 0. The molecule has 2 aromatic heterocycles. The number of aromatic nitrogens is 2. The Morgan fingerprint density at radius 3 is 2.72 bits per heavy atom. The molecule has 0 aliphatic carbocycles. The van der Waals surface area contributed by atoms with Gasteiger partial charge in [-0.05, 0) is 38.9 Å². The first kappa shape index (κ1) is 12.9. The molecule has 4 nitrogen and oxygen atoms in total. The molecule has 4 heteroatoms. The van der Waals surface area contributed by atoms with Crippen molar-refractivity contribution in [2.45, 2.75) is 40.8 Å². The van der Waals surface area contributed by atoms with Crippen molar-refractivity contribution in [2.75, 3.05) is 6.54 Å². The fraction of sp³-hybridized carbons (Fsp3) is 0.500. The summed E-state index contributed by atoms with van der Waals surface area (Å²) >= 11 is 0. The highest BCUT2D eigenvalue weighted by Crippen LogP contribution is 2.16. The Morgan fingerprint density at radius 2 is 2.11 bits per heavy atom. The Morgan fingerprint density at radius 1 is 1.33 bits per heavy atom. The van der Waals surface area contributed by atoms with Crippen LogP contribution in [0.5, 0.6) is 0 Å². The van der Waals surface area contributed by atoms with Gasteiger partial charge < -0.3 is 9.73 Å². The SMILES string of the molecule is CCNCc1occc1Cn1nc(C)c(C)c1C.